The Kier molecular flexibility index (Phi) is 4.69. The maximum Gasteiger partial charge on any atom is 0.123 e. The smallest absolute Gasteiger partial charge is 0.123 e. The molecule has 1 nitrogen and oxygen atoms in total. The lowest BCUT2D eigenvalue weighted by molar-refractivity contribution is 0.565. The molecule has 0 radical (unpaired) electrons. The van der Waals surface area contributed by atoms with Gasteiger partial charge in [0, 0.05) is 12.6 Å². The molecule has 1 N–H and O–H groups in total. The van der Waals surface area contributed by atoms with Gasteiger partial charge in [0.05, 0.1) is 0 Å². The Hall–Kier alpha value is -1.67. The number of aryl methyl sites for hydroxylation is 1. The highest BCUT2D eigenvalue weighted by Gasteiger charge is 2.05. The maximum atomic E-state index is 13.1. The highest BCUT2D eigenvalue weighted by atomic mass is 19.1. The Morgan fingerprint density at radius 2 is 1.74 bits per heavy atom. The van der Waals surface area contributed by atoms with E-state index in [0.29, 0.717) is 0 Å². The van der Waals surface area contributed by atoms with Crippen molar-refractivity contribution in [2.45, 2.75) is 32.9 Å². The maximum absolute atomic E-state index is 13.1. The predicted octanol–water partition coefficient (Wildman–Crippen LogP) is 4.24. The summed E-state index contributed by atoms with van der Waals surface area (Å²) >= 11 is 0. The SMILES string of the molecule is CCc1ccc(CNC(C)c2cccc(F)c2)cc1. The molecule has 0 amide bonds. The van der Waals surface area contributed by atoms with E-state index in [1.807, 2.05) is 6.07 Å². The lowest BCUT2D eigenvalue weighted by Crippen LogP contribution is -2.18. The molecule has 0 spiro atoms. The molecule has 0 aromatic heterocycles. The highest BCUT2D eigenvalue weighted by Crippen LogP contribution is 2.14. The summed E-state index contributed by atoms with van der Waals surface area (Å²) in [5, 5.41) is 3.41. The third-order valence-corrected chi connectivity index (χ3v) is 3.39. The molecular formula is C17H20FN. The van der Waals surface area contributed by atoms with E-state index in [0.717, 1.165) is 18.5 Å². The van der Waals surface area contributed by atoms with Crippen LogP contribution in [0.2, 0.25) is 0 Å². The van der Waals surface area contributed by atoms with Crippen LogP contribution in [0.3, 0.4) is 0 Å². The first-order valence-electron chi connectivity index (χ1n) is 6.75. The van der Waals surface area contributed by atoms with Gasteiger partial charge < -0.3 is 5.32 Å². The predicted molar refractivity (Wildman–Crippen MR) is 77.5 cm³/mol. The van der Waals surface area contributed by atoms with Crippen molar-refractivity contribution in [2.75, 3.05) is 0 Å². The summed E-state index contributed by atoms with van der Waals surface area (Å²) < 4.78 is 13.1. The van der Waals surface area contributed by atoms with Crippen molar-refractivity contribution in [3.05, 3.63) is 71.0 Å². The van der Waals surface area contributed by atoms with Gasteiger partial charge in [0.2, 0.25) is 0 Å². The van der Waals surface area contributed by atoms with E-state index in [4.69, 9.17) is 0 Å². The third kappa shape index (κ3) is 3.90. The Bertz CT molecular complexity index is 519. The first-order chi connectivity index (χ1) is 9.19. The molecule has 100 valence electrons. The van der Waals surface area contributed by atoms with Crippen molar-refractivity contribution in [2.24, 2.45) is 0 Å². The van der Waals surface area contributed by atoms with Crippen LogP contribution in [0.1, 0.15) is 36.6 Å². The molecule has 2 heteroatoms. The van der Waals surface area contributed by atoms with E-state index in [2.05, 4.69) is 43.4 Å². The lowest BCUT2D eigenvalue weighted by atomic mass is 10.1. The van der Waals surface area contributed by atoms with E-state index < -0.39 is 0 Å². The van der Waals surface area contributed by atoms with E-state index in [-0.39, 0.29) is 11.9 Å². The number of hydrogen-bond donors (Lipinski definition) is 1. The van der Waals surface area contributed by atoms with Crippen molar-refractivity contribution in [1.29, 1.82) is 0 Å². The largest absolute Gasteiger partial charge is 0.306 e. The molecule has 0 aliphatic carbocycles. The molecule has 19 heavy (non-hydrogen) atoms. The standard InChI is InChI=1S/C17H20FN/c1-3-14-7-9-15(10-8-14)12-19-13(2)16-5-4-6-17(18)11-16/h4-11,13,19H,3,12H2,1-2H3. The van der Waals surface area contributed by atoms with E-state index in [9.17, 15) is 4.39 Å². The second kappa shape index (κ2) is 6.48. The topological polar surface area (TPSA) is 12.0 Å². The van der Waals surface area contributed by atoms with Gasteiger partial charge in [0.15, 0.2) is 0 Å². The van der Waals surface area contributed by atoms with Gasteiger partial charge in [0.25, 0.3) is 0 Å². The average molecular weight is 257 g/mol. The number of rotatable bonds is 5. The molecule has 1 atom stereocenters. The van der Waals surface area contributed by atoms with Crippen molar-refractivity contribution >= 4 is 0 Å². The molecule has 0 saturated carbocycles. The van der Waals surface area contributed by atoms with Crippen LogP contribution < -0.4 is 5.32 Å². The molecule has 0 bridgehead atoms. The minimum Gasteiger partial charge on any atom is -0.306 e. The van der Waals surface area contributed by atoms with E-state index in [1.165, 1.54) is 17.2 Å². The molecule has 0 aliphatic heterocycles. The zero-order valence-electron chi connectivity index (χ0n) is 11.5. The minimum atomic E-state index is -0.182. The fourth-order valence-electron chi connectivity index (χ4n) is 2.06. The highest BCUT2D eigenvalue weighted by molar-refractivity contribution is 5.23. The van der Waals surface area contributed by atoms with Crippen LogP contribution in [0.15, 0.2) is 48.5 Å². The zero-order valence-corrected chi connectivity index (χ0v) is 11.5. The number of benzene rings is 2. The van der Waals surface area contributed by atoms with Gasteiger partial charge in [-0.15, -0.1) is 0 Å². The lowest BCUT2D eigenvalue weighted by Gasteiger charge is -2.14. The van der Waals surface area contributed by atoms with Crippen molar-refractivity contribution in [1.82, 2.24) is 5.32 Å². The molecular weight excluding hydrogens is 237 g/mol. The normalized spacial score (nSPS) is 12.4. The van der Waals surface area contributed by atoms with Crippen molar-refractivity contribution < 1.29 is 4.39 Å². The molecule has 2 aromatic rings. The molecule has 1 unspecified atom stereocenters. The second-order valence-corrected chi connectivity index (χ2v) is 4.83. The summed E-state index contributed by atoms with van der Waals surface area (Å²) in [7, 11) is 0. The molecule has 0 fully saturated rings. The van der Waals surface area contributed by atoms with Crippen molar-refractivity contribution in [3.8, 4) is 0 Å². The van der Waals surface area contributed by atoms with Crippen LogP contribution in [-0.4, -0.2) is 0 Å². The summed E-state index contributed by atoms with van der Waals surface area (Å²) in [5.74, 6) is -0.182. The van der Waals surface area contributed by atoms with Gasteiger partial charge in [0.1, 0.15) is 5.82 Å². The summed E-state index contributed by atoms with van der Waals surface area (Å²) in [4.78, 5) is 0. The summed E-state index contributed by atoms with van der Waals surface area (Å²) in [6.07, 6.45) is 1.06. The Labute approximate surface area is 114 Å². The summed E-state index contributed by atoms with van der Waals surface area (Å²) in [5.41, 5.74) is 3.58. The average Bonchev–Trinajstić information content (AvgIpc) is 2.45. The summed E-state index contributed by atoms with van der Waals surface area (Å²) in [6.45, 7) is 5.00. The molecule has 2 rings (SSSR count). The molecule has 2 aromatic carbocycles. The second-order valence-electron chi connectivity index (χ2n) is 4.83. The number of hydrogen-bond acceptors (Lipinski definition) is 1. The zero-order chi connectivity index (χ0) is 13.7. The minimum absolute atomic E-state index is 0.140. The molecule has 0 aliphatic rings. The fourth-order valence-corrected chi connectivity index (χ4v) is 2.06. The Morgan fingerprint density at radius 3 is 2.37 bits per heavy atom. The number of halogens is 1. The molecule has 0 heterocycles. The van der Waals surface area contributed by atoms with Crippen molar-refractivity contribution in [3.63, 3.8) is 0 Å². The van der Waals surface area contributed by atoms with Crippen LogP contribution in [0.5, 0.6) is 0 Å². The van der Waals surface area contributed by atoms with Gasteiger partial charge in [-0.1, -0.05) is 43.3 Å². The Morgan fingerprint density at radius 1 is 1.05 bits per heavy atom. The monoisotopic (exact) mass is 257 g/mol. The first-order valence-corrected chi connectivity index (χ1v) is 6.75. The number of nitrogens with one attached hydrogen (secondary N) is 1. The van der Waals surface area contributed by atoms with Gasteiger partial charge in [-0.05, 0) is 42.2 Å². The Balaban J connectivity index is 1.94. The van der Waals surface area contributed by atoms with Crippen LogP contribution in [0, 0.1) is 5.82 Å². The summed E-state index contributed by atoms with van der Waals surface area (Å²) in [6, 6.07) is 15.5. The first kappa shape index (κ1) is 13.8. The third-order valence-electron chi connectivity index (χ3n) is 3.39. The van der Waals surface area contributed by atoms with Gasteiger partial charge in [-0.3, -0.25) is 0 Å². The van der Waals surface area contributed by atoms with Gasteiger partial charge >= 0.3 is 0 Å². The van der Waals surface area contributed by atoms with Crippen LogP contribution in [0.25, 0.3) is 0 Å². The van der Waals surface area contributed by atoms with E-state index in [1.54, 1.807) is 12.1 Å². The van der Waals surface area contributed by atoms with Crippen LogP contribution in [-0.2, 0) is 13.0 Å². The van der Waals surface area contributed by atoms with Crippen LogP contribution in [0.4, 0.5) is 4.39 Å². The van der Waals surface area contributed by atoms with Gasteiger partial charge in [-0.2, -0.15) is 0 Å². The van der Waals surface area contributed by atoms with E-state index >= 15 is 0 Å². The fraction of sp³-hybridized carbons (Fsp3) is 0.294. The quantitative estimate of drug-likeness (QED) is 0.844. The molecule has 0 saturated heterocycles. The van der Waals surface area contributed by atoms with Crippen LogP contribution >= 0.6 is 0 Å². The van der Waals surface area contributed by atoms with Gasteiger partial charge in [-0.25, -0.2) is 4.39 Å².